The molecule has 5 heteroatoms. The molecule has 1 aliphatic rings. The average Bonchev–Trinajstić information content (AvgIpc) is 2.71. The van der Waals surface area contributed by atoms with E-state index in [0.717, 1.165) is 37.4 Å². The summed E-state index contributed by atoms with van der Waals surface area (Å²) in [4.78, 5) is 4.01. The lowest BCUT2D eigenvalue weighted by Gasteiger charge is -2.36. The molecule has 5 nitrogen and oxygen atoms in total. The van der Waals surface area contributed by atoms with Crippen LogP contribution in [0.5, 0.6) is 0 Å². The van der Waals surface area contributed by atoms with E-state index < -0.39 is 0 Å². The van der Waals surface area contributed by atoms with E-state index in [1.807, 2.05) is 61.1 Å². The molecule has 1 aliphatic heterocycles. The third-order valence-electron chi connectivity index (χ3n) is 4.76. The fourth-order valence-corrected chi connectivity index (χ4v) is 3.05. The van der Waals surface area contributed by atoms with E-state index in [-0.39, 0.29) is 0 Å². The van der Waals surface area contributed by atoms with Gasteiger partial charge in [0.05, 0.1) is 12.9 Å². The Morgan fingerprint density at radius 2 is 2.10 bits per heavy atom. The number of rotatable bonds is 12. The quantitative estimate of drug-likeness (QED) is 0.277. The fourth-order valence-electron chi connectivity index (χ4n) is 3.05. The molecule has 0 bridgehead atoms. The van der Waals surface area contributed by atoms with Crippen molar-refractivity contribution in [1.82, 2.24) is 9.80 Å². The van der Waals surface area contributed by atoms with Gasteiger partial charge in [-0.2, -0.15) is 0 Å². The third-order valence-corrected chi connectivity index (χ3v) is 4.76. The van der Waals surface area contributed by atoms with Gasteiger partial charge in [0.2, 0.25) is 0 Å². The molecule has 0 aromatic carbocycles. The smallest absolute Gasteiger partial charge is 0.197 e. The molecule has 0 aromatic heterocycles. The number of guanidine groups is 1. The first kappa shape index (κ1) is 24.3. The predicted molar refractivity (Wildman–Crippen MR) is 122 cm³/mol. The van der Waals surface area contributed by atoms with Crippen molar-refractivity contribution in [2.24, 2.45) is 5.92 Å². The topological polar surface area (TPSA) is 48.8 Å². The highest BCUT2D eigenvalue weighted by Crippen LogP contribution is 2.24. The second kappa shape index (κ2) is 13.5. The summed E-state index contributed by atoms with van der Waals surface area (Å²) in [6.07, 6.45) is 17.4. The van der Waals surface area contributed by atoms with E-state index >= 15 is 0 Å². The number of ether oxygens (including phenoxy) is 2. The Hall–Kier alpha value is -2.69. The normalized spacial score (nSPS) is 17.1. The van der Waals surface area contributed by atoms with Crippen LogP contribution in [-0.2, 0) is 9.47 Å². The Morgan fingerprint density at radius 1 is 1.34 bits per heavy atom. The van der Waals surface area contributed by atoms with Crippen LogP contribution in [0.15, 0.2) is 72.4 Å². The number of likely N-dealkylation sites (N-methyl/N-ethyl adjacent to an activating group) is 1. The molecule has 0 saturated carbocycles. The van der Waals surface area contributed by atoms with Crippen LogP contribution in [0.4, 0.5) is 0 Å². The van der Waals surface area contributed by atoms with E-state index in [9.17, 15) is 0 Å². The van der Waals surface area contributed by atoms with Gasteiger partial charge in [-0.25, -0.2) is 0 Å². The molecule has 1 rings (SSSR count). The fraction of sp³-hybridized carbons (Fsp3) is 0.458. The molecule has 0 fully saturated rings. The largest absolute Gasteiger partial charge is 0.501 e. The number of nitrogens with zero attached hydrogens (tertiary/aromatic N) is 2. The molecule has 29 heavy (non-hydrogen) atoms. The molecule has 0 saturated heterocycles. The van der Waals surface area contributed by atoms with Crippen molar-refractivity contribution in [3.05, 3.63) is 72.4 Å². The lowest BCUT2D eigenvalue weighted by molar-refractivity contribution is 0.261. The Morgan fingerprint density at radius 3 is 2.72 bits per heavy atom. The van der Waals surface area contributed by atoms with Crippen LogP contribution in [0.2, 0.25) is 0 Å². The van der Waals surface area contributed by atoms with Gasteiger partial charge in [0.25, 0.3) is 0 Å². The Balaban J connectivity index is 2.61. The van der Waals surface area contributed by atoms with Crippen LogP contribution >= 0.6 is 0 Å². The molecule has 0 aromatic rings. The molecular weight excluding hydrogens is 362 g/mol. The number of nitrogens with one attached hydrogen (secondary N) is 1. The van der Waals surface area contributed by atoms with Crippen LogP contribution in [0, 0.1) is 11.3 Å². The summed E-state index contributed by atoms with van der Waals surface area (Å²) in [5.41, 5.74) is 1.32. The van der Waals surface area contributed by atoms with Crippen molar-refractivity contribution in [1.29, 1.82) is 5.41 Å². The maximum Gasteiger partial charge on any atom is 0.197 e. The Kier molecular flexibility index (Phi) is 11.3. The van der Waals surface area contributed by atoms with Crippen LogP contribution in [0.25, 0.3) is 0 Å². The van der Waals surface area contributed by atoms with Crippen molar-refractivity contribution < 1.29 is 9.47 Å². The van der Waals surface area contributed by atoms with Crippen molar-refractivity contribution in [3.8, 4) is 0 Å². The van der Waals surface area contributed by atoms with Crippen molar-refractivity contribution in [2.75, 3.05) is 33.9 Å². The first-order valence-electron chi connectivity index (χ1n) is 10.2. The molecule has 1 atom stereocenters. The maximum absolute atomic E-state index is 8.36. The highest BCUT2D eigenvalue weighted by Gasteiger charge is 2.23. The molecule has 160 valence electrons. The van der Waals surface area contributed by atoms with Gasteiger partial charge in [-0.1, -0.05) is 37.8 Å². The average molecular weight is 400 g/mol. The Bertz CT molecular complexity index is 686. The van der Waals surface area contributed by atoms with Gasteiger partial charge in [0.1, 0.15) is 12.4 Å². The zero-order valence-electron chi connectivity index (χ0n) is 18.6. The lowest BCUT2D eigenvalue weighted by Crippen LogP contribution is -2.45. The van der Waals surface area contributed by atoms with Crippen molar-refractivity contribution in [3.63, 3.8) is 0 Å². The molecule has 1 N–H and O–H groups in total. The van der Waals surface area contributed by atoms with Gasteiger partial charge < -0.3 is 19.3 Å². The summed E-state index contributed by atoms with van der Waals surface area (Å²) in [6.45, 7) is 11.9. The monoisotopic (exact) mass is 399 g/mol. The maximum atomic E-state index is 8.36. The molecule has 0 amide bonds. The lowest BCUT2D eigenvalue weighted by atomic mass is 9.95. The zero-order valence-corrected chi connectivity index (χ0v) is 18.6. The zero-order chi connectivity index (χ0) is 21.6. The highest BCUT2D eigenvalue weighted by atomic mass is 16.5. The summed E-state index contributed by atoms with van der Waals surface area (Å²) < 4.78 is 11.1. The third kappa shape index (κ3) is 8.46. The second-order valence-corrected chi connectivity index (χ2v) is 7.02. The molecule has 1 unspecified atom stereocenters. The summed E-state index contributed by atoms with van der Waals surface area (Å²) in [5, 5.41) is 8.36. The standard InChI is InChI=1S/C24H37N3O2/c1-7-13-23(14-8-2)29-16-12-10-11-15-27-19-21(18-26(5)24(27)25)20(4)17-22(9-3)28-6/h7-10,12-14,19-20,25H,1,11,15-18H2,2-6H3/b12-10+,14-8-,22-9+,23-13+,25-24?. The second-order valence-electron chi connectivity index (χ2n) is 7.02. The van der Waals surface area contributed by atoms with Gasteiger partial charge in [-0.15, -0.1) is 0 Å². The molecular formula is C24H37N3O2. The minimum absolute atomic E-state index is 0.366. The summed E-state index contributed by atoms with van der Waals surface area (Å²) in [5.74, 6) is 2.70. The number of methoxy groups -OCH3 is 1. The SMILES string of the molecule is C=C/C=C(\C=C/C)OC/C=C/CCN1C=C(C(C)C/C(=C\C)OC)CN(C)C1=N. The highest BCUT2D eigenvalue weighted by molar-refractivity contribution is 5.79. The summed E-state index contributed by atoms with van der Waals surface area (Å²) in [6, 6.07) is 0. The van der Waals surface area contributed by atoms with Crippen LogP contribution < -0.4 is 0 Å². The van der Waals surface area contributed by atoms with E-state index in [1.54, 1.807) is 13.2 Å². The summed E-state index contributed by atoms with van der Waals surface area (Å²) >= 11 is 0. The van der Waals surface area contributed by atoms with E-state index in [2.05, 4.69) is 25.8 Å². The summed E-state index contributed by atoms with van der Waals surface area (Å²) in [7, 11) is 3.69. The van der Waals surface area contributed by atoms with Gasteiger partial charge in [-0.3, -0.25) is 5.41 Å². The predicted octanol–water partition coefficient (Wildman–Crippen LogP) is 5.24. The van der Waals surface area contributed by atoms with E-state index in [1.165, 1.54) is 5.57 Å². The number of allylic oxidation sites excluding steroid dienone is 6. The molecule has 0 aliphatic carbocycles. The number of hydrogen-bond acceptors (Lipinski definition) is 3. The van der Waals surface area contributed by atoms with Gasteiger partial charge in [-0.05, 0) is 50.0 Å². The minimum atomic E-state index is 0.366. The van der Waals surface area contributed by atoms with Crippen LogP contribution in [-0.4, -0.2) is 49.6 Å². The first-order valence-corrected chi connectivity index (χ1v) is 10.2. The number of hydrogen-bond donors (Lipinski definition) is 1. The minimum Gasteiger partial charge on any atom is -0.501 e. The van der Waals surface area contributed by atoms with Gasteiger partial charge >= 0.3 is 0 Å². The molecule has 1 heterocycles. The van der Waals surface area contributed by atoms with Crippen molar-refractivity contribution in [2.45, 2.75) is 33.6 Å². The van der Waals surface area contributed by atoms with Crippen molar-refractivity contribution >= 4 is 5.96 Å². The van der Waals surface area contributed by atoms with E-state index in [4.69, 9.17) is 14.9 Å². The van der Waals surface area contributed by atoms with Gasteiger partial charge in [0.15, 0.2) is 5.96 Å². The van der Waals surface area contributed by atoms with Crippen LogP contribution in [0.3, 0.4) is 0 Å². The molecule has 0 spiro atoms. The van der Waals surface area contributed by atoms with Crippen LogP contribution in [0.1, 0.15) is 33.6 Å². The molecule has 0 radical (unpaired) electrons. The van der Waals surface area contributed by atoms with Gasteiger partial charge in [0, 0.05) is 32.8 Å². The Labute approximate surface area is 176 Å². The first-order chi connectivity index (χ1) is 14.0. The van der Waals surface area contributed by atoms with E-state index in [0.29, 0.717) is 18.5 Å².